The first-order chi connectivity index (χ1) is 7.49. The van der Waals surface area contributed by atoms with Crippen molar-refractivity contribution in [1.82, 2.24) is 9.88 Å². The van der Waals surface area contributed by atoms with E-state index in [0.717, 1.165) is 12.2 Å². The highest BCUT2D eigenvalue weighted by Crippen LogP contribution is 2.11. The van der Waals surface area contributed by atoms with Gasteiger partial charge in [-0.2, -0.15) is 0 Å². The molecule has 0 radical (unpaired) electrons. The first-order valence-corrected chi connectivity index (χ1v) is 5.09. The minimum atomic E-state index is 0.0305. The van der Waals surface area contributed by atoms with E-state index >= 15 is 0 Å². The van der Waals surface area contributed by atoms with Gasteiger partial charge in [-0.05, 0) is 27.1 Å². The van der Waals surface area contributed by atoms with Gasteiger partial charge >= 0.3 is 0 Å². The second kappa shape index (κ2) is 5.46. The minimum Gasteiger partial charge on any atom is -0.476 e. The second-order valence-electron chi connectivity index (χ2n) is 3.90. The van der Waals surface area contributed by atoms with Crippen LogP contribution in [0.3, 0.4) is 0 Å². The molecule has 0 unspecified atom stereocenters. The Hall–Kier alpha value is -1.62. The zero-order valence-corrected chi connectivity index (χ0v) is 9.95. The Balaban J connectivity index is 2.69. The zero-order valence-electron chi connectivity index (χ0n) is 9.95. The van der Waals surface area contributed by atoms with Gasteiger partial charge in [0.15, 0.2) is 0 Å². The van der Waals surface area contributed by atoms with Crippen LogP contribution in [0.15, 0.2) is 12.1 Å². The van der Waals surface area contributed by atoms with E-state index in [1.54, 1.807) is 12.1 Å². The van der Waals surface area contributed by atoms with Crippen LogP contribution in [0.5, 0.6) is 5.88 Å². The molecule has 0 saturated carbocycles. The smallest absolute Gasteiger partial charge is 0.214 e. The maximum Gasteiger partial charge on any atom is 0.214 e. The predicted octanol–water partition coefficient (Wildman–Crippen LogP) is 0.614. The number of hydrogen-bond acceptors (Lipinski definition) is 4. The highest BCUT2D eigenvalue weighted by molar-refractivity contribution is 5.95. The number of pyridine rings is 1. The Labute approximate surface area is 95.7 Å². The number of aryl methyl sites for hydroxylation is 1. The van der Waals surface area contributed by atoms with Crippen LogP contribution in [-0.2, 0) is 0 Å². The van der Waals surface area contributed by atoms with E-state index in [9.17, 15) is 0 Å². The summed E-state index contributed by atoms with van der Waals surface area (Å²) in [4.78, 5) is 6.25. The van der Waals surface area contributed by atoms with Gasteiger partial charge in [0.05, 0.1) is 0 Å². The summed E-state index contributed by atoms with van der Waals surface area (Å²) in [6, 6.07) is 3.45. The largest absolute Gasteiger partial charge is 0.476 e. The maximum absolute atomic E-state index is 7.36. The summed E-state index contributed by atoms with van der Waals surface area (Å²) in [6.07, 6.45) is 0. The SMILES string of the molecule is Cc1cc(C(=N)N)cc(OCCN(C)C)n1. The molecule has 1 aromatic heterocycles. The van der Waals surface area contributed by atoms with Crippen molar-refractivity contribution < 1.29 is 4.74 Å². The van der Waals surface area contributed by atoms with E-state index in [1.165, 1.54) is 0 Å². The summed E-state index contributed by atoms with van der Waals surface area (Å²) in [5.41, 5.74) is 6.86. The molecular weight excluding hydrogens is 204 g/mol. The van der Waals surface area contributed by atoms with Gasteiger partial charge in [-0.1, -0.05) is 0 Å². The molecule has 0 bridgehead atoms. The van der Waals surface area contributed by atoms with Gasteiger partial charge in [0, 0.05) is 23.9 Å². The molecular formula is C11H18N4O. The summed E-state index contributed by atoms with van der Waals surface area (Å²) >= 11 is 0. The first kappa shape index (κ1) is 12.4. The lowest BCUT2D eigenvalue weighted by Gasteiger charge is -2.11. The number of likely N-dealkylation sites (N-methyl/N-ethyl adjacent to an activating group) is 1. The van der Waals surface area contributed by atoms with Crippen molar-refractivity contribution >= 4 is 5.84 Å². The molecule has 5 nitrogen and oxygen atoms in total. The fourth-order valence-corrected chi connectivity index (χ4v) is 1.20. The number of nitrogens with two attached hydrogens (primary N) is 1. The molecule has 1 rings (SSSR count). The molecule has 1 heterocycles. The lowest BCUT2D eigenvalue weighted by Crippen LogP contribution is -2.20. The molecule has 0 amide bonds. The van der Waals surface area contributed by atoms with Crippen molar-refractivity contribution in [2.24, 2.45) is 5.73 Å². The quantitative estimate of drug-likeness (QED) is 0.565. The molecule has 3 N–H and O–H groups in total. The van der Waals surface area contributed by atoms with E-state index < -0.39 is 0 Å². The zero-order chi connectivity index (χ0) is 12.1. The molecule has 0 fully saturated rings. The normalized spacial score (nSPS) is 10.5. The monoisotopic (exact) mass is 222 g/mol. The molecule has 0 saturated heterocycles. The average Bonchev–Trinajstić information content (AvgIpc) is 2.16. The Kier molecular flexibility index (Phi) is 4.25. The lowest BCUT2D eigenvalue weighted by molar-refractivity contribution is 0.253. The van der Waals surface area contributed by atoms with Crippen LogP contribution in [0.2, 0.25) is 0 Å². The Bertz CT molecular complexity index is 376. The molecule has 0 spiro atoms. The second-order valence-corrected chi connectivity index (χ2v) is 3.90. The summed E-state index contributed by atoms with van der Waals surface area (Å²) < 4.78 is 5.48. The van der Waals surface area contributed by atoms with Crippen molar-refractivity contribution in [3.63, 3.8) is 0 Å². The van der Waals surface area contributed by atoms with Gasteiger partial charge in [0.2, 0.25) is 5.88 Å². The number of rotatable bonds is 5. The molecule has 1 aromatic rings. The number of aromatic nitrogens is 1. The lowest BCUT2D eigenvalue weighted by atomic mass is 10.2. The van der Waals surface area contributed by atoms with Crippen LogP contribution in [0.4, 0.5) is 0 Å². The van der Waals surface area contributed by atoms with Gasteiger partial charge in [-0.25, -0.2) is 4.98 Å². The van der Waals surface area contributed by atoms with Crippen LogP contribution in [-0.4, -0.2) is 43.0 Å². The molecule has 16 heavy (non-hydrogen) atoms. The third-order valence-electron chi connectivity index (χ3n) is 2.03. The molecule has 0 aliphatic carbocycles. The number of nitrogens with one attached hydrogen (secondary N) is 1. The minimum absolute atomic E-state index is 0.0305. The van der Waals surface area contributed by atoms with Gasteiger partial charge in [-0.3, -0.25) is 5.41 Å². The number of ether oxygens (including phenoxy) is 1. The van der Waals surface area contributed by atoms with E-state index in [0.29, 0.717) is 18.1 Å². The summed E-state index contributed by atoms with van der Waals surface area (Å²) in [6.45, 7) is 3.25. The van der Waals surface area contributed by atoms with Gasteiger partial charge in [-0.15, -0.1) is 0 Å². The predicted molar refractivity (Wildman–Crippen MR) is 64.0 cm³/mol. The molecule has 5 heteroatoms. The van der Waals surface area contributed by atoms with Crippen LogP contribution < -0.4 is 10.5 Å². The highest BCUT2D eigenvalue weighted by Gasteiger charge is 2.03. The summed E-state index contributed by atoms with van der Waals surface area (Å²) in [5.74, 6) is 0.551. The first-order valence-electron chi connectivity index (χ1n) is 5.09. The van der Waals surface area contributed by atoms with Crippen molar-refractivity contribution in [3.05, 3.63) is 23.4 Å². The third-order valence-corrected chi connectivity index (χ3v) is 2.03. The average molecular weight is 222 g/mol. The van der Waals surface area contributed by atoms with Gasteiger partial charge in [0.25, 0.3) is 0 Å². The standard InChI is InChI=1S/C11H18N4O/c1-8-6-9(11(12)13)7-10(14-8)16-5-4-15(2)3/h6-7H,4-5H2,1-3H3,(H3,12,13). The molecule has 0 aliphatic rings. The van der Waals surface area contributed by atoms with Gasteiger partial charge in [0.1, 0.15) is 12.4 Å². The Morgan fingerprint density at radius 2 is 2.19 bits per heavy atom. The van der Waals surface area contributed by atoms with Crippen molar-refractivity contribution in [2.75, 3.05) is 27.2 Å². The van der Waals surface area contributed by atoms with E-state index in [-0.39, 0.29) is 5.84 Å². The van der Waals surface area contributed by atoms with Crippen molar-refractivity contribution in [1.29, 1.82) is 5.41 Å². The summed E-state index contributed by atoms with van der Waals surface area (Å²) in [5, 5.41) is 7.36. The van der Waals surface area contributed by atoms with E-state index in [2.05, 4.69) is 4.98 Å². The number of hydrogen-bond donors (Lipinski definition) is 2. The summed E-state index contributed by atoms with van der Waals surface area (Å²) in [7, 11) is 3.96. The topological polar surface area (TPSA) is 75.2 Å². The van der Waals surface area contributed by atoms with Crippen molar-refractivity contribution in [2.45, 2.75) is 6.92 Å². The highest BCUT2D eigenvalue weighted by atomic mass is 16.5. The maximum atomic E-state index is 7.36. The van der Waals surface area contributed by atoms with Crippen LogP contribution in [0.25, 0.3) is 0 Å². The fourth-order valence-electron chi connectivity index (χ4n) is 1.20. The molecule has 0 atom stereocenters. The molecule has 88 valence electrons. The molecule has 0 aromatic carbocycles. The number of nitrogen functional groups attached to an aromatic ring is 1. The number of amidine groups is 1. The van der Waals surface area contributed by atoms with Crippen LogP contribution in [0, 0.1) is 12.3 Å². The van der Waals surface area contributed by atoms with Crippen LogP contribution in [0.1, 0.15) is 11.3 Å². The van der Waals surface area contributed by atoms with Crippen molar-refractivity contribution in [3.8, 4) is 5.88 Å². The van der Waals surface area contributed by atoms with E-state index in [1.807, 2.05) is 25.9 Å². The van der Waals surface area contributed by atoms with Gasteiger partial charge < -0.3 is 15.4 Å². The molecule has 0 aliphatic heterocycles. The third kappa shape index (κ3) is 3.86. The number of nitrogens with zero attached hydrogens (tertiary/aromatic N) is 2. The van der Waals surface area contributed by atoms with E-state index in [4.69, 9.17) is 15.9 Å². The fraction of sp³-hybridized carbons (Fsp3) is 0.455. The Morgan fingerprint density at radius 1 is 1.50 bits per heavy atom. The van der Waals surface area contributed by atoms with Crippen LogP contribution >= 0.6 is 0 Å². The Morgan fingerprint density at radius 3 is 2.75 bits per heavy atom.